The number of furan rings is 1. The summed E-state index contributed by atoms with van der Waals surface area (Å²) in [6.45, 7) is 17.0. The number of fused-ring (bicyclic) bond motifs is 14. The molecule has 0 N–H and O–H groups in total. The Bertz CT molecular complexity index is 3720. The van der Waals surface area contributed by atoms with E-state index < -0.39 is 0 Å². The van der Waals surface area contributed by atoms with Crippen LogP contribution in [0.25, 0.3) is 55.2 Å². The molecule has 324 valence electrons. The summed E-state index contributed by atoms with van der Waals surface area (Å²) in [4.78, 5) is 5.19. The Morgan fingerprint density at radius 1 is 0.522 bits per heavy atom. The quantitative estimate of drug-likeness (QED) is 0.165. The summed E-state index contributed by atoms with van der Waals surface area (Å²) in [6.07, 6.45) is 2.32. The largest absolute Gasteiger partial charge is 0.454 e. The van der Waals surface area contributed by atoms with Crippen molar-refractivity contribution in [1.29, 1.82) is 0 Å². The molecule has 4 nitrogen and oxygen atoms in total. The molecule has 0 fully saturated rings. The van der Waals surface area contributed by atoms with Gasteiger partial charge in [-0.3, -0.25) is 0 Å². The number of aryl methyl sites for hydroxylation is 1. The van der Waals surface area contributed by atoms with Gasteiger partial charge < -0.3 is 18.7 Å². The van der Waals surface area contributed by atoms with E-state index in [1.165, 1.54) is 90.0 Å². The van der Waals surface area contributed by atoms with Crippen molar-refractivity contribution in [2.75, 3.05) is 9.80 Å². The zero-order chi connectivity index (χ0) is 45.3. The maximum Gasteiger partial charge on any atom is 0.333 e. The third kappa shape index (κ3) is 5.10. The lowest BCUT2D eigenvalue weighted by molar-refractivity contribution is 0.332. The van der Waals surface area contributed by atoms with Gasteiger partial charge in [-0.25, -0.2) is 0 Å². The molecular formula is C62H52BN3O. The van der Waals surface area contributed by atoms with Gasteiger partial charge in [0.25, 0.3) is 0 Å². The van der Waals surface area contributed by atoms with Crippen molar-refractivity contribution < 1.29 is 4.42 Å². The maximum absolute atomic E-state index is 6.94. The summed E-state index contributed by atoms with van der Waals surface area (Å²) in [7, 11) is 0. The highest BCUT2D eigenvalue weighted by Crippen LogP contribution is 2.58. The van der Waals surface area contributed by atoms with Gasteiger partial charge in [0.1, 0.15) is 5.58 Å². The zero-order valence-electron chi connectivity index (χ0n) is 39.3. The highest BCUT2D eigenvalue weighted by molar-refractivity contribution is 6.90. The average Bonchev–Trinajstić information content (AvgIpc) is 3.95. The molecule has 0 saturated carbocycles. The lowest BCUT2D eigenvalue weighted by Crippen LogP contribution is -2.57. The highest BCUT2D eigenvalue weighted by Gasteiger charge is 2.49. The fourth-order valence-electron chi connectivity index (χ4n) is 13.1. The first-order chi connectivity index (χ1) is 32.4. The fraction of sp³-hybridized carbons (Fsp3) is 0.194. The van der Waals surface area contributed by atoms with Crippen molar-refractivity contribution in [3.63, 3.8) is 0 Å². The van der Waals surface area contributed by atoms with E-state index in [1.54, 1.807) is 0 Å². The first-order valence-electron chi connectivity index (χ1n) is 24.2. The summed E-state index contributed by atoms with van der Waals surface area (Å²) in [5.74, 6) is 0. The summed E-state index contributed by atoms with van der Waals surface area (Å²) >= 11 is 0. The zero-order valence-corrected chi connectivity index (χ0v) is 39.3. The SMILES string of the molecule is Cc1cc2c(cc1N1c3cc(N(c4ccccc4)c4ccccc4)cc4c3B(c3ccc5c(c31)C(C)(C)c1ccccc1-5)n1c3c-4cccc3c3oc4ccccc4c31)C(C)(C)CCC2(C)C. The monoisotopic (exact) mass is 865 g/mol. The molecule has 0 saturated heterocycles. The van der Waals surface area contributed by atoms with E-state index in [1.807, 2.05) is 0 Å². The molecule has 2 aliphatic heterocycles. The third-order valence-corrected chi connectivity index (χ3v) is 16.5. The van der Waals surface area contributed by atoms with Crippen LogP contribution in [0.4, 0.5) is 34.1 Å². The van der Waals surface area contributed by atoms with Crippen LogP contribution in [0, 0.1) is 6.92 Å². The van der Waals surface area contributed by atoms with Crippen LogP contribution < -0.4 is 20.7 Å². The number of aromatic nitrogens is 1. The Morgan fingerprint density at radius 3 is 1.91 bits per heavy atom. The standard InChI is InChI=1S/C62H52BN3O/c1-37-33-48-49(61(4,5)32-31-60(48,2)3)36-51(37)65-52-35-40(64(38-19-10-8-11-20-38)39-21-12-9-13-22-39)34-46-43-25-18-26-45-56(43)66(57-44-24-15-17-28-53(44)67-59(45)57)63(55(46)52)50-30-29-42-41-23-14-16-27-47(41)62(6,7)54(42)58(50)65/h8-30,33-36H,31-32H2,1-7H3. The van der Waals surface area contributed by atoms with Crippen LogP contribution in [-0.4, -0.2) is 11.3 Å². The van der Waals surface area contributed by atoms with E-state index in [9.17, 15) is 0 Å². The Balaban J connectivity index is 1.18. The van der Waals surface area contributed by atoms with Crippen molar-refractivity contribution in [1.82, 2.24) is 4.48 Å². The Morgan fingerprint density at radius 2 is 1.16 bits per heavy atom. The summed E-state index contributed by atoms with van der Waals surface area (Å²) < 4.78 is 9.61. The summed E-state index contributed by atoms with van der Waals surface area (Å²) in [5.41, 5.74) is 26.0. The van der Waals surface area contributed by atoms with E-state index in [0.29, 0.717) is 0 Å². The van der Waals surface area contributed by atoms with E-state index in [2.05, 4.69) is 227 Å². The van der Waals surface area contributed by atoms with Crippen LogP contribution >= 0.6 is 0 Å². The maximum atomic E-state index is 6.94. The molecule has 0 unspecified atom stereocenters. The molecule has 0 atom stereocenters. The molecule has 4 heterocycles. The van der Waals surface area contributed by atoms with Gasteiger partial charge in [0.15, 0.2) is 5.58 Å². The van der Waals surface area contributed by atoms with Gasteiger partial charge in [-0.05, 0) is 147 Å². The average molecular weight is 866 g/mol. The minimum atomic E-state index is -0.285. The second-order valence-electron chi connectivity index (χ2n) is 21.6. The second-order valence-corrected chi connectivity index (χ2v) is 21.6. The molecule has 0 spiro atoms. The number of hydrogen-bond donors (Lipinski definition) is 0. The smallest absolute Gasteiger partial charge is 0.333 e. The number of benzene rings is 8. The molecule has 0 bridgehead atoms. The number of nitrogens with zero attached hydrogens (tertiary/aromatic N) is 3. The summed E-state index contributed by atoms with van der Waals surface area (Å²) in [6, 6.07) is 61.5. The third-order valence-electron chi connectivity index (χ3n) is 16.5. The van der Waals surface area contributed by atoms with Gasteiger partial charge in [-0.1, -0.05) is 145 Å². The Hall–Kier alpha value is -7.24. The van der Waals surface area contributed by atoms with Gasteiger partial charge in [0.2, 0.25) is 0 Å². The Kier molecular flexibility index (Phi) is 7.69. The molecule has 4 aliphatic rings. The van der Waals surface area contributed by atoms with Crippen molar-refractivity contribution >= 4 is 84.9 Å². The first kappa shape index (κ1) is 39.0. The fourth-order valence-corrected chi connectivity index (χ4v) is 13.1. The van der Waals surface area contributed by atoms with Crippen molar-refractivity contribution in [2.24, 2.45) is 0 Å². The first-order valence-corrected chi connectivity index (χ1v) is 24.2. The van der Waals surface area contributed by atoms with Crippen LogP contribution in [0.3, 0.4) is 0 Å². The Labute approximate surface area is 393 Å². The van der Waals surface area contributed by atoms with Gasteiger partial charge in [0, 0.05) is 61.4 Å². The van der Waals surface area contributed by atoms with E-state index in [4.69, 9.17) is 4.42 Å². The van der Waals surface area contributed by atoms with E-state index in [0.717, 1.165) is 50.9 Å². The molecule has 2 aliphatic carbocycles. The minimum Gasteiger partial charge on any atom is -0.454 e. The lowest BCUT2D eigenvalue weighted by atomic mass is 9.44. The lowest BCUT2D eigenvalue weighted by Gasteiger charge is -2.46. The molecule has 2 aromatic heterocycles. The predicted molar refractivity (Wildman–Crippen MR) is 282 cm³/mol. The molecule has 14 rings (SSSR count). The van der Waals surface area contributed by atoms with E-state index in [-0.39, 0.29) is 23.1 Å². The molecule has 5 heteroatoms. The van der Waals surface area contributed by atoms with Crippen LogP contribution in [0.15, 0.2) is 168 Å². The number of rotatable bonds is 4. The van der Waals surface area contributed by atoms with Crippen LogP contribution in [0.2, 0.25) is 0 Å². The van der Waals surface area contributed by atoms with Gasteiger partial charge >= 0.3 is 6.85 Å². The van der Waals surface area contributed by atoms with Crippen molar-refractivity contribution in [2.45, 2.75) is 77.6 Å². The number of para-hydroxylation sites is 4. The van der Waals surface area contributed by atoms with Crippen LogP contribution in [0.1, 0.15) is 82.2 Å². The second kappa shape index (κ2) is 13.2. The minimum absolute atomic E-state index is 0.0188. The number of anilines is 6. The number of hydrogen-bond acceptors (Lipinski definition) is 3. The topological polar surface area (TPSA) is 24.6 Å². The molecule has 67 heavy (non-hydrogen) atoms. The highest BCUT2D eigenvalue weighted by atomic mass is 16.3. The predicted octanol–water partition coefficient (Wildman–Crippen LogP) is 15.4. The van der Waals surface area contributed by atoms with E-state index >= 15 is 0 Å². The summed E-state index contributed by atoms with van der Waals surface area (Å²) in [5, 5.41) is 2.30. The van der Waals surface area contributed by atoms with Crippen LogP contribution in [0.5, 0.6) is 0 Å². The van der Waals surface area contributed by atoms with Gasteiger partial charge in [-0.2, -0.15) is 0 Å². The normalized spacial score (nSPS) is 16.5. The van der Waals surface area contributed by atoms with Crippen molar-refractivity contribution in [3.05, 3.63) is 192 Å². The molecule has 10 aromatic rings. The van der Waals surface area contributed by atoms with Crippen molar-refractivity contribution in [3.8, 4) is 22.3 Å². The van der Waals surface area contributed by atoms with Gasteiger partial charge in [0.05, 0.1) is 5.52 Å². The van der Waals surface area contributed by atoms with Gasteiger partial charge in [-0.15, -0.1) is 0 Å². The molecular weight excluding hydrogens is 814 g/mol. The molecule has 0 radical (unpaired) electrons. The van der Waals surface area contributed by atoms with Crippen LogP contribution in [-0.2, 0) is 16.2 Å². The molecule has 8 aromatic carbocycles. The molecule has 0 amide bonds.